The lowest BCUT2D eigenvalue weighted by atomic mass is 9.98. The number of unbranched alkanes of at least 4 members (excludes halogenated alkanes) is 3. The maximum Gasteiger partial charge on any atom is 0.255 e. The minimum absolute atomic E-state index is 0.00328. The molecular formula is C57H60N8O4. The molecule has 4 aliphatic heterocycles. The number of rotatable bonds is 13. The second-order valence-electron chi connectivity index (χ2n) is 18.4. The highest BCUT2D eigenvalue weighted by molar-refractivity contribution is 6.05. The molecule has 4 aliphatic rings. The molecular weight excluding hydrogens is 861 g/mol. The minimum atomic E-state index is -0.580. The van der Waals surface area contributed by atoms with E-state index >= 15 is 0 Å². The van der Waals surface area contributed by atoms with Crippen molar-refractivity contribution < 1.29 is 19.2 Å². The maximum atomic E-state index is 13.6. The van der Waals surface area contributed by atoms with Gasteiger partial charge in [0.15, 0.2) is 5.82 Å². The monoisotopic (exact) mass is 920 g/mol. The summed E-state index contributed by atoms with van der Waals surface area (Å²) in [7, 11) is 0. The van der Waals surface area contributed by atoms with Crippen molar-refractivity contribution in [3.63, 3.8) is 0 Å². The van der Waals surface area contributed by atoms with Gasteiger partial charge < -0.3 is 14.7 Å². The molecule has 2 aromatic heterocycles. The van der Waals surface area contributed by atoms with Gasteiger partial charge in [0.05, 0.1) is 24.1 Å². The Labute approximate surface area is 404 Å². The quantitative estimate of drug-likeness (QED) is 0.0650. The number of aryl methyl sites for hydroxylation is 1. The largest absolute Gasteiger partial charge is 0.332 e. The smallest absolute Gasteiger partial charge is 0.255 e. The van der Waals surface area contributed by atoms with Gasteiger partial charge in [-0.2, -0.15) is 0 Å². The highest BCUT2D eigenvalue weighted by Gasteiger charge is 2.39. The van der Waals surface area contributed by atoms with Crippen LogP contribution in [-0.2, 0) is 35.5 Å². The van der Waals surface area contributed by atoms with Gasteiger partial charge in [-0.3, -0.25) is 34.4 Å². The normalized spacial score (nSPS) is 18.1. The van der Waals surface area contributed by atoms with E-state index in [4.69, 9.17) is 4.98 Å². The molecule has 2 fully saturated rings. The number of carbonyl (C=O) groups excluding carboxylic acids is 4. The Hall–Kier alpha value is -7.07. The van der Waals surface area contributed by atoms with Crippen LogP contribution in [0.4, 0.5) is 0 Å². The summed E-state index contributed by atoms with van der Waals surface area (Å²) in [5.41, 5.74) is 9.51. The molecule has 0 radical (unpaired) electrons. The topological polar surface area (TPSA) is 132 Å². The second-order valence-corrected chi connectivity index (χ2v) is 18.4. The van der Waals surface area contributed by atoms with Crippen molar-refractivity contribution in [2.24, 2.45) is 0 Å². The summed E-state index contributed by atoms with van der Waals surface area (Å²) < 4.78 is 0. The standard InChI is InChI=1S/C57H60N8O4/c1-3-43-35-47(37-58-50(43)4-2)54-59-36-46-27-30-64(39-51(46)60-54)56(68)45-23-21-42(22-24-45)20-19-41-17-15-40(16-18-41)11-10-29-63-33-31-62(32-34-63)28-8-6-5-7-12-44-13-9-14-48-49(44)38-65(57(48)69)52-25-26-53(66)61-55(52)67/h3-4,9,13-24,35-37,52H,5-8,12,25-34,38-39H2,1-2H3,(H,61,66,67)/b20-19+,43-3-,50-4+. The lowest BCUT2D eigenvalue weighted by molar-refractivity contribution is -0.136. The van der Waals surface area contributed by atoms with Crippen molar-refractivity contribution in [3.8, 4) is 23.2 Å². The molecule has 4 amide bonds. The van der Waals surface area contributed by atoms with Crippen molar-refractivity contribution in [2.75, 3.05) is 45.8 Å². The van der Waals surface area contributed by atoms with Crippen molar-refractivity contribution in [1.29, 1.82) is 0 Å². The average Bonchev–Trinajstić information content (AvgIpc) is 3.72. The lowest BCUT2D eigenvalue weighted by Crippen LogP contribution is -2.52. The van der Waals surface area contributed by atoms with Gasteiger partial charge in [0.1, 0.15) is 6.04 Å². The number of nitrogens with zero attached hydrogens (tertiary/aromatic N) is 7. The zero-order valence-electron chi connectivity index (χ0n) is 39.8. The van der Waals surface area contributed by atoms with E-state index in [0.717, 1.165) is 115 Å². The Morgan fingerprint density at radius 3 is 2.30 bits per heavy atom. The first-order valence-electron chi connectivity index (χ1n) is 24.5. The number of nitrogens with one attached hydrogen (secondary N) is 1. The first-order valence-corrected chi connectivity index (χ1v) is 24.5. The van der Waals surface area contributed by atoms with Gasteiger partial charge in [0, 0.05) is 80.3 Å². The van der Waals surface area contributed by atoms with Gasteiger partial charge in [0.2, 0.25) is 11.8 Å². The van der Waals surface area contributed by atoms with E-state index in [-0.39, 0.29) is 30.0 Å². The third-order valence-electron chi connectivity index (χ3n) is 13.9. The summed E-state index contributed by atoms with van der Waals surface area (Å²) in [4.78, 5) is 73.5. The first kappa shape index (κ1) is 47.0. The Balaban J connectivity index is 0.666. The highest BCUT2D eigenvalue weighted by Crippen LogP contribution is 2.31. The minimum Gasteiger partial charge on any atom is -0.332 e. The number of hydrogen-bond donors (Lipinski definition) is 1. The van der Waals surface area contributed by atoms with Crippen LogP contribution in [0, 0.1) is 11.8 Å². The molecule has 352 valence electrons. The van der Waals surface area contributed by atoms with E-state index in [2.05, 4.69) is 85.5 Å². The first-order chi connectivity index (χ1) is 33.7. The van der Waals surface area contributed by atoms with Crippen LogP contribution in [0.25, 0.3) is 35.7 Å². The Morgan fingerprint density at radius 2 is 1.55 bits per heavy atom. The molecule has 1 unspecified atom stereocenters. The molecule has 0 saturated carbocycles. The zero-order valence-corrected chi connectivity index (χ0v) is 39.8. The molecule has 12 heteroatoms. The van der Waals surface area contributed by atoms with Gasteiger partial charge in [-0.25, -0.2) is 9.97 Å². The van der Waals surface area contributed by atoms with E-state index in [9.17, 15) is 19.2 Å². The van der Waals surface area contributed by atoms with Gasteiger partial charge in [0.25, 0.3) is 11.8 Å². The Kier molecular flexibility index (Phi) is 14.9. The third-order valence-corrected chi connectivity index (χ3v) is 13.9. The summed E-state index contributed by atoms with van der Waals surface area (Å²) in [6.07, 6.45) is 18.7. The van der Waals surface area contributed by atoms with Crippen LogP contribution < -0.4 is 15.9 Å². The summed E-state index contributed by atoms with van der Waals surface area (Å²) in [6, 6.07) is 23.5. The number of carbonyl (C=O) groups is 4. The third kappa shape index (κ3) is 11.3. The molecule has 12 nitrogen and oxygen atoms in total. The van der Waals surface area contributed by atoms with E-state index < -0.39 is 6.04 Å². The molecule has 1 atom stereocenters. The average molecular weight is 921 g/mol. The van der Waals surface area contributed by atoms with Crippen molar-refractivity contribution in [1.82, 2.24) is 39.9 Å². The fourth-order valence-corrected chi connectivity index (χ4v) is 9.80. The molecule has 0 bridgehead atoms. The molecule has 5 aromatic rings. The molecule has 0 spiro atoms. The van der Waals surface area contributed by atoms with Crippen LogP contribution in [0.1, 0.15) is 112 Å². The van der Waals surface area contributed by atoms with E-state index in [1.54, 1.807) is 4.90 Å². The summed E-state index contributed by atoms with van der Waals surface area (Å²) >= 11 is 0. The molecule has 1 N–H and O–H groups in total. The molecule has 9 rings (SSSR count). The lowest BCUT2D eigenvalue weighted by Gasteiger charge is -2.33. The van der Waals surface area contributed by atoms with Gasteiger partial charge in [-0.1, -0.05) is 85.4 Å². The van der Waals surface area contributed by atoms with Crippen molar-refractivity contribution in [2.45, 2.75) is 84.3 Å². The number of fused-ring (bicyclic) bond motifs is 2. The Bertz CT molecular complexity index is 2950. The Morgan fingerprint density at radius 1 is 0.797 bits per heavy atom. The van der Waals surface area contributed by atoms with Crippen LogP contribution in [-0.4, -0.2) is 110 Å². The number of piperazine rings is 1. The number of hydrogen-bond acceptors (Lipinski definition) is 9. The molecule has 6 heterocycles. The maximum absolute atomic E-state index is 13.6. The van der Waals surface area contributed by atoms with Crippen LogP contribution >= 0.6 is 0 Å². The van der Waals surface area contributed by atoms with Gasteiger partial charge in [-0.05, 0) is 122 Å². The summed E-state index contributed by atoms with van der Waals surface area (Å²) in [5, 5.41) is 4.36. The molecule has 69 heavy (non-hydrogen) atoms. The SMILES string of the molecule is C/C=c1/cc(-c2ncc3c(n2)CN(C(=O)c2ccc(/C=C/c4ccc(C#CCN5CCN(CCCCCCc6cccc7c6CN(C6CCC(=O)NC6=O)C7=O)CC5)cc4)cc2)CC3)cn/c1=C/C. The van der Waals surface area contributed by atoms with Crippen LogP contribution in [0.5, 0.6) is 0 Å². The molecule has 2 saturated heterocycles. The molecule has 3 aromatic carbocycles. The van der Waals surface area contributed by atoms with Crippen molar-refractivity contribution in [3.05, 3.63) is 146 Å². The van der Waals surface area contributed by atoms with E-state index in [0.29, 0.717) is 43.0 Å². The van der Waals surface area contributed by atoms with E-state index in [1.807, 2.05) is 79.7 Å². The second kappa shape index (κ2) is 21.9. The van der Waals surface area contributed by atoms with Gasteiger partial charge >= 0.3 is 0 Å². The predicted molar refractivity (Wildman–Crippen MR) is 269 cm³/mol. The van der Waals surface area contributed by atoms with Crippen LogP contribution in [0.15, 0.2) is 85.2 Å². The number of benzene rings is 3. The van der Waals surface area contributed by atoms with E-state index in [1.165, 1.54) is 18.4 Å². The fourth-order valence-electron chi connectivity index (χ4n) is 9.80. The number of aromatic nitrogens is 3. The molecule has 0 aliphatic carbocycles. The highest BCUT2D eigenvalue weighted by atomic mass is 16.2. The fraction of sp³-hybridized carbons (Fsp3) is 0.351. The predicted octanol–water partition coefficient (Wildman–Crippen LogP) is 6.04. The number of pyridine rings is 1. The van der Waals surface area contributed by atoms with Crippen molar-refractivity contribution >= 4 is 47.9 Å². The zero-order chi connectivity index (χ0) is 47.7. The number of piperidine rings is 1. The van der Waals surface area contributed by atoms with Crippen LogP contribution in [0.2, 0.25) is 0 Å². The summed E-state index contributed by atoms with van der Waals surface area (Å²) in [5.74, 6) is 6.61. The number of amides is 4. The van der Waals surface area contributed by atoms with Crippen LogP contribution in [0.3, 0.4) is 0 Å². The summed E-state index contributed by atoms with van der Waals surface area (Å²) in [6.45, 7) is 11.5. The number of imide groups is 1. The van der Waals surface area contributed by atoms with Gasteiger partial charge in [-0.15, -0.1) is 0 Å².